The summed E-state index contributed by atoms with van der Waals surface area (Å²) in [4.78, 5) is 0. The molecular weight excluding hydrogens is 266 g/mol. The molecule has 90 valence electrons. The highest BCUT2D eigenvalue weighted by Gasteiger charge is 2.27. The second kappa shape index (κ2) is 7.67. The molecule has 1 heterocycles. The summed E-state index contributed by atoms with van der Waals surface area (Å²) in [5.74, 6) is 6.24. The van der Waals surface area contributed by atoms with Crippen LogP contribution in [0.2, 0.25) is 0 Å². The molecule has 0 unspecified atom stereocenters. The Labute approximate surface area is 109 Å². The highest BCUT2D eigenvalue weighted by Crippen LogP contribution is 2.10. The zero-order valence-electron chi connectivity index (χ0n) is 9.97. The van der Waals surface area contributed by atoms with Crippen molar-refractivity contribution in [3.63, 3.8) is 0 Å². The molecule has 1 aliphatic heterocycles. The predicted molar refractivity (Wildman–Crippen MR) is 63.3 cm³/mol. The van der Waals surface area contributed by atoms with Gasteiger partial charge in [0, 0.05) is 0 Å². The van der Waals surface area contributed by atoms with Gasteiger partial charge in [-0.25, -0.2) is 0 Å². The van der Waals surface area contributed by atoms with Crippen LogP contribution in [0.5, 0.6) is 0 Å². The van der Waals surface area contributed by atoms with E-state index in [4.69, 9.17) is 4.74 Å². The van der Waals surface area contributed by atoms with Crippen LogP contribution < -0.4 is 17.0 Å². The summed E-state index contributed by atoms with van der Waals surface area (Å²) in [5, 5.41) is 0. The summed E-state index contributed by atoms with van der Waals surface area (Å²) in [7, 11) is 0. The average Bonchev–Trinajstić information content (AvgIpc) is 2.19. The van der Waals surface area contributed by atoms with Crippen LogP contribution in [0.3, 0.4) is 0 Å². The minimum absolute atomic E-state index is 0. The molecule has 1 saturated heterocycles. The molecule has 0 spiro atoms. The van der Waals surface area contributed by atoms with E-state index in [9.17, 15) is 0 Å². The third-order valence-electron chi connectivity index (χ3n) is 2.65. The van der Waals surface area contributed by atoms with Gasteiger partial charge in [-0.05, 0) is 24.5 Å². The Morgan fingerprint density at radius 3 is 2.56 bits per heavy atom. The number of morpholine rings is 1. The first-order chi connectivity index (χ1) is 7.18. The van der Waals surface area contributed by atoms with Crippen LogP contribution >= 0.6 is 0 Å². The van der Waals surface area contributed by atoms with Gasteiger partial charge in [0.15, 0.2) is 0 Å². The van der Waals surface area contributed by atoms with Gasteiger partial charge in [0.1, 0.15) is 19.6 Å². The van der Waals surface area contributed by atoms with Crippen molar-refractivity contribution in [2.75, 3.05) is 39.4 Å². The lowest BCUT2D eigenvalue weighted by Gasteiger charge is -2.39. The maximum Gasteiger partial charge on any atom is 0.141 e. The van der Waals surface area contributed by atoms with Crippen LogP contribution in [0.1, 0.15) is 6.92 Å². The number of quaternary nitrogens is 1. The van der Waals surface area contributed by atoms with Gasteiger partial charge >= 0.3 is 0 Å². The van der Waals surface area contributed by atoms with E-state index in [0.717, 1.165) is 49.4 Å². The van der Waals surface area contributed by atoms with Crippen molar-refractivity contribution in [3.05, 3.63) is 24.8 Å². The summed E-state index contributed by atoms with van der Waals surface area (Å²) in [6.07, 6.45) is 1.98. The van der Waals surface area contributed by atoms with E-state index in [1.54, 1.807) is 0 Å². The van der Waals surface area contributed by atoms with Gasteiger partial charge in [-0.3, -0.25) is 0 Å². The van der Waals surface area contributed by atoms with Crippen LogP contribution in [0.4, 0.5) is 0 Å². The number of rotatable bonds is 3. The molecule has 0 atom stereocenters. The molecule has 1 aliphatic rings. The Bertz CT molecular complexity index is 295. The SMILES string of the molecule is C=CC[N+]1(CC#CC(=C)C)CCOCC1.[Br-]. The summed E-state index contributed by atoms with van der Waals surface area (Å²) < 4.78 is 6.37. The van der Waals surface area contributed by atoms with Crippen LogP contribution in [0.15, 0.2) is 24.8 Å². The molecule has 1 fully saturated rings. The second-order valence-electron chi connectivity index (χ2n) is 4.11. The first kappa shape index (κ1) is 15.4. The first-order valence-electron chi connectivity index (χ1n) is 5.37. The van der Waals surface area contributed by atoms with Gasteiger partial charge in [-0.1, -0.05) is 19.1 Å². The van der Waals surface area contributed by atoms with Crippen molar-refractivity contribution in [1.82, 2.24) is 0 Å². The summed E-state index contributed by atoms with van der Waals surface area (Å²) >= 11 is 0. The van der Waals surface area contributed by atoms with Crippen molar-refractivity contribution < 1.29 is 26.2 Å². The number of nitrogens with zero attached hydrogens (tertiary/aromatic N) is 1. The van der Waals surface area contributed by atoms with Gasteiger partial charge in [0.25, 0.3) is 0 Å². The van der Waals surface area contributed by atoms with Crippen molar-refractivity contribution >= 4 is 0 Å². The fraction of sp³-hybridized carbons (Fsp3) is 0.538. The summed E-state index contributed by atoms with van der Waals surface area (Å²) in [6.45, 7) is 15.1. The molecule has 1 rings (SSSR count). The van der Waals surface area contributed by atoms with Crippen molar-refractivity contribution in [2.24, 2.45) is 0 Å². The lowest BCUT2D eigenvalue weighted by molar-refractivity contribution is -0.923. The van der Waals surface area contributed by atoms with E-state index in [1.165, 1.54) is 0 Å². The monoisotopic (exact) mass is 285 g/mol. The molecular formula is C13H20BrNO. The zero-order valence-corrected chi connectivity index (χ0v) is 11.6. The molecule has 0 aromatic carbocycles. The molecule has 0 amide bonds. The van der Waals surface area contributed by atoms with Crippen molar-refractivity contribution in [3.8, 4) is 11.8 Å². The van der Waals surface area contributed by atoms with E-state index in [2.05, 4.69) is 25.0 Å². The van der Waals surface area contributed by atoms with Gasteiger partial charge in [-0.15, -0.1) is 0 Å². The molecule has 0 aromatic heterocycles. The lowest BCUT2D eigenvalue weighted by Crippen LogP contribution is -3.00. The fourth-order valence-corrected chi connectivity index (χ4v) is 1.77. The van der Waals surface area contributed by atoms with E-state index in [-0.39, 0.29) is 17.0 Å². The highest BCUT2D eigenvalue weighted by atomic mass is 79.9. The third kappa shape index (κ3) is 4.98. The first-order valence-corrected chi connectivity index (χ1v) is 5.37. The summed E-state index contributed by atoms with van der Waals surface area (Å²) in [5.41, 5.74) is 0.931. The number of allylic oxidation sites excluding steroid dienone is 1. The van der Waals surface area contributed by atoms with Crippen LogP contribution in [-0.2, 0) is 4.74 Å². The average molecular weight is 286 g/mol. The molecule has 16 heavy (non-hydrogen) atoms. The number of ether oxygens (including phenoxy) is 1. The molecule has 0 bridgehead atoms. The lowest BCUT2D eigenvalue weighted by atomic mass is 10.2. The maximum absolute atomic E-state index is 5.38. The normalized spacial score (nSPS) is 17.6. The Morgan fingerprint density at radius 1 is 1.44 bits per heavy atom. The quantitative estimate of drug-likeness (QED) is 0.352. The Morgan fingerprint density at radius 2 is 2.06 bits per heavy atom. The van der Waals surface area contributed by atoms with E-state index < -0.39 is 0 Å². The predicted octanol–water partition coefficient (Wildman–Crippen LogP) is -1.40. The zero-order chi connectivity index (χ0) is 11.1. The molecule has 0 saturated carbocycles. The van der Waals surface area contributed by atoms with Crippen LogP contribution in [0, 0.1) is 11.8 Å². The second-order valence-corrected chi connectivity index (χ2v) is 4.11. The Kier molecular flexibility index (Phi) is 7.40. The van der Waals surface area contributed by atoms with E-state index in [0.29, 0.717) is 0 Å². The Balaban J connectivity index is 0.00000225. The minimum atomic E-state index is 0. The van der Waals surface area contributed by atoms with Crippen molar-refractivity contribution in [2.45, 2.75) is 6.92 Å². The smallest absolute Gasteiger partial charge is 0.141 e. The van der Waals surface area contributed by atoms with Crippen LogP contribution in [0.25, 0.3) is 0 Å². The molecule has 0 aromatic rings. The van der Waals surface area contributed by atoms with Gasteiger partial charge in [-0.2, -0.15) is 0 Å². The van der Waals surface area contributed by atoms with Gasteiger partial charge in [0.05, 0.1) is 19.8 Å². The van der Waals surface area contributed by atoms with E-state index >= 15 is 0 Å². The highest BCUT2D eigenvalue weighted by molar-refractivity contribution is 5.23. The largest absolute Gasteiger partial charge is 1.00 e. The van der Waals surface area contributed by atoms with Crippen LogP contribution in [-0.4, -0.2) is 43.9 Å². The molecule has 0 radical (unpaired) electrons. The molecule has 3 heteroatoms. The van der Waals surface area contributed by atoms with Gasteiger partial charge in [0.2, 0.25) is 0 Å². The number of halogens is 1. The Hall–Kier alpha value is -0.560. The molecule has 2 nitrogen and oxygen atoms in total. The van der Waals surface area contributed by atoms with Gasteiger partial charge < -0.3 is 26.2 Å². The molecule has 0 aliphatic carbocycles. The molecule has 0 N–H and O–H groups in total. The topological polar surface area (TPSA) is 9.23 Å². The van der Waals surface area contributed by atoms with Crippen molar-refractivity contribution in [1.29, 1.82) is 0 Å². The maximum atomic E-state index is 5.38. The van der Waals surface area contributed by atoms with E-state index in [1.807, 2.05) is 13.0 Å². The third-order valence-corrected chi connectivity index (χ3v) is 2.65. The summed E-state index contributed by atoms with van der Waals surface area (Å²) in [6, 6.07) is 0. The minimum Gasteiger partial charge on any atom is -1.00 e. The number of hydrogen-bond donors (Lipinski definition) is 0. The number of hydrogen-bond acceptors (Lipinski definition) is 1. The fourth-order valence-electron chi connectivity index (χ4n) is 1.77. The standard InChI is InChI=1S/C13H20NO.BrH/c1-4-7-14(8-5-6-13(2)3)9-11-15-12-10-14;/h4H,1-2,7-12H2,3H3;1H/q+1;/p-1.